The summed E-state index contributed by atoms with van der Waals surface area (Å²) in [4.78, 5) is 67.1. The van der Waals surface area contributed by atoms with E-state index in [1.807, 2.05) is 18.7 Å². The Kier molecular flexibility index (Phi) is 11.5. The third kappa shape index (κ3) is 7.78. The molecule has 3 amide bonds. The molecule has 1 aromatic carbocycles. The first-order chi connectivity index (χ1) is 25.5. The minimum Gasteiger partial charge on any atom is -0.453 e. The highest BCUT2D eigenvalue weighted by Crippen LogP contribution is 2.35. The lowest BCUT2D eigenvalue weighted by Crippen LogP contribution is -2.54. The van der Waals surface area contributed by atoms with E-state index in [1.54, 1.807) is 55.7 Å². The lowest BCUT2D eigenvalue weighted by atomic mass is 10.0. The molecule has 2 aliphatic heterocycles. The van der Waals surface area contributed by atoms with Crippen LogP contribution in [0.25, 0.3) is 34.0 Å². The Morgan fingerprint density at radius 2 is 1.47 bits per heavy atom. The fourth-order valence-electron chi connectivity index (χ4n) is 6.98. The van der Waals surface area contributed by atoms with Crippen molar-refractivity contribution in [3.8, 4) is 34.0 Å². The van der Waals surface area contributed by atoms with Crippen LogP contribution in [-0.2, 0) is 23.8 Å². The molecule has 15 nitrogen and oxygen atoms in total. The Morgan fingerprint density at radius 3 is 2.09 bits per heavy atom. The number of carbonyl (C=O) groups is 3. The van der Waals surface area contributed by atoms with Gasteiger partial charge in [-0.25, -0.2) is 29.1 Å². The number of likely N-dealkylation sites (tertiary alicyclic amines) is 2. The van der Waals surface area contributed by atoms with E-state index in [0.717, 1.165) is 19.3 Å². The van der Waals surface area contributed by atoms with Gasteiger partial charge in [-0.2, -0.15) is 0 Å². The van der Waals surface area contributed by atoms with Gasteiger partial charge in [-0.15, -0.1) is 0 Å². The summed E-state index contributed by atoms with van der Waals surface area (Å²) in [6.45, 7) is 6.57. The lowest BCUT2D eigenvalue weighted by molar-refractivity contribution is -0.140. The van der Waals surface area contributed by atoms with Crippen LogP contribution in [0.3, 0.4) is 0 Å². The van der Waals surface area contributed by atoms with Gasteiger partial charge >= 0.3 is 6.09 Å². The topological polar surface area (TPSA) is 181 Å². The van der Waals surface area contributed by atoms with E-state index in [2.05, 4.69) is 30.2 Å². The average molecular weight is 732 g/mol. The van der Waals surface area contributed by atoms with Crippen LogP contribution in [0, 0.1) is 11.7 Å². The van der Waals surface area contributed by atoms with Crippen molar-refractivity contribution in [2.75, 3.05) is 34.4 Å². The van der Waals surface area contributed by atoms with Crippen molar-refractivity contribution in [3.63, 3.8) is 0 Å². The van der Waals surface area contributed by atoms with E-state index in [4.69, 9.17) is 19.2 Å². The van der Waals surface area contributed by atoms with Crippen molar-refractivity contribution in [1.82, 2.24) is 45.0 Å². The highest BCUT2D eigenvalue weighted by Gasteiger charge is 2.39. The maximum atomic E-state index is 15.7. The monoisotopic (exact) mass is 731 g/mol. The summed E-state index contributed by atoms with van der Waals surface area (Å²) in [6.07, 6.45) is 6.34. The molecule has 2 aliphatic rings. The number of ether oxygens (including phenoxy) is 3. The second-order valence-corrected chi connectivity index (χ2v) is 13.5. The Labute approximate surface area is 307 Å². The summed E-state index contributed by atoms with van der Waals surface area (Å²) in [5.41, 5.74) is 2.45. The number of aromatic nitrogens is 6. The van der Waals surface area contributed by atoms with Crippen molar-refractivity contribution in [1.29, 1.82) is 0 Å². The minimum absolute atomic E-state index is 0.00953. The van der Waals surface area contributed by atoms with Crippen LogP contribution in [0.15, 0.2) is 42.9 Å². The van der Waals surface area contributed by atoms with Gasteiger partial charge in [0.05, 0.1) is 66.8 Å². The number of H-pyrrole nitrogens is 2. The highest BCUT2D eigenvalue weighted by atomic mass is 19.1. The van der Waals surface area contributed by atoms with Gasteiger partial charge in [-0.3, -0.25) is 9.59 Å². The molecule has 6 rings (SSSR count). The second kappa shape index (κ2) is 16.2. The third-order valence-electron chi connectivity index (χ3n) is 10.4. The van der Waals surface area contributed by atoms with Crippen molar-refractivity contribution < 1.29 is 33.0 Å². The molecular weight excluding hydrogens is 685 g/mol. The predicted molar refractivity (Wildman–Crippen MR) is 191 cm³/mol. The van der Waals surface area contributed by atoms with Gasteiger partial charge in [0.25, 0.3) is 0 Å². The van der Waals surface area contributed by atoms with E-state index in [-0.39, 0.29) is 35.9 Å². The standard InChI is InChI=1S/C37H46FN9O6/c1-20(21(2)51-4)35(48)46-15-7-9-29(46)33-40-18-27(43-33)24-12-11-23(17-25(24)38)32-39-14-13-26(42-32)28-19-41-34(44-28)30-10-8-16-47(30)36(49)31(22(3)52-5)45-37(50)53-6/h11-14,17-22,29-31H,7-10,15-16H2,1-6H3,(H,40,43)(H,41,44)(H,45,50)/t20-,21+,22+,29-,30-,31-/m0/s1. The number of rotatable bonds is 12. The molecule has 0 saturated carbocycles. The Hall–Kier alpha value is -5.22. The molecule has 4 aromatic rings. The SMILES string of the molecule is COC(=O)N[C@H](C(=O)N1CCC[C@H]1c1ncc(-c2ccnc(-c3ccc(-c4cnc([C@@H]5CCCN5C(=O)[C@@H](C)[C@@H](C)OC)[nH]4)c(F)c3)n2)[nH]1)[C@@H](C)OC. The van der Waals surface area contributed by atoms with E-state index in [9.17, 15) is 14.4 Å². The number of hydrogen-bond acceptors (Lipinski definition) is 10. The number of amides is 3. The van der Waals surface area contributed by atoms with Gasteiger partial charge in [0.1, 0.15) is 23.5 Å². The van der Waals surface area contributed by atoms with Crippen LogP contribution in [0.5, 0.6) is 0 Å². The second-order valence-electron chi connectivity index (χ2n) is 13.5. The first-order valence-electron chi connectivity index (χ1n) is 17.8. The molecule has 0 unspecified atom stereocenters. The molecule has 0 radical (unpaired) electrons. The van der Waals surface area contributed by atoms with Gasteiger partial charge in [0, 0.05) is 44.6 Å². The normalized spacial score (nSPS) is 19.5. The molecule has 5 heterocycles. The fraction of sp³-hybridized carbons (Fsp3) is 0.486. The molecule has 3 aromatic heterocycles. The first-order valence-corrected chi connectivity index (χ1v) is 17.8. The molecule has 0 bridgehead atoms. The smallest absolute Gasteiger partial charge is 0.407 e. The Bertz CT molecular complexity index is 1930. The van der Waals surface area contributed by atoms with Crippen molar-refractivity contribution in [3.05, 3.63) is 60.3 Å². The van der Waals surface area contributed by atoms with Gasteiger partial charge in [-0.1, -0.05) is 13.0 Å². The number of nitrogens with one attached hydrogen (secondary N) is 3. The van der Waals surface area contributed by atoms with Crippen LogP contribution in [-0.4, -0.2) is 110 Å². The van der Waals surface area contributed by atoms with E-state index in [0.29, 0.717) is 65.2 Å². The molecule has 2 saturated heterocycles. The molecular formula is C37H46FN9O6. The van der Waals surface area contributed by atoms with Crippen LogP contribution in [0.4, 0.5) is 9.18 Å². The Balaban J connectivity index is 1.17. The van der Waals surface area contributed by atoms with Crippen LogP contribution in [0.1, 0.15) is 70.2 Å². The zero-order valence-electron chi connectivity index (χ0n) is 30.8. The zero-order chi connectivity index (χ0) is 37.8. The molecule has 0 aliphatic carbocycles. The number of imidazole rings is 2. The van der Waals surface area contributed by atoms with Crippen molar-refractivity contribution in [2.45, 2.75) is 76.8 Å². The number of methoxy groups -OCH3 is 3. The number of aromatic amines is 2. The fourth-order valence-corrected chi connectivity index (χ4v) is 6.98. The van der Waals surface area contributed by atoms with Crippen LogP contribution >= 0.6 is 0 Å². The summed E-state index contributed by atoms with van der Waals surface area (Å²) in [5, 5.41) is 2.59. The summed E-state index contributed by atoms with van der Waals surface area (Å²) in [5.74, 6) is 0.439. The van der Waals surface area contributed by atoms with Crippen molar-refractivity contribution >= 4 is 17.9 Å². The summed E-state index contributed by atoms with van der Waals surface area (Å²) < 4.78 is 31.2. The number of alkyl carbamates (subject to hydrolysis) is 1. The maximum absolute atomic E-state index is 15.7. The number of nitrogens with zero attached hydrogens (tertiary/aromatic N) is 6. The first kappa shape index (κ1) is 37.5. The maximum Gasteiger partial charge on any atom is 0.407 e. The molecule has 0 spiro atoms. The molecule has 2 fully saturated rings. The van der Waals surface area contributed by atoms with E-state index < -0.39 is 24.1 Å². The average Bonchev–Trinajstić information content (AvgIpc) is 4.02. The van der Waals surface area contributed by atoms with Gasteiger partial charge in [0.15, 0.2) is 5.82 Å². The summed E-state index contributed by atoms with van der Waals surface area (Å²) >= 11 is 0. The molecule has 6 atom stereocenters. The predicted octanol–water partition coefficient (Wildman–Crippen LogP) is 4.82. The lowest BCUT2D eigenvalue weighted by Gasteiger charge is -2.30. The van der Waals surface area contributed by atoms with E-state index >= 15 is 4.39 Å². The zero-order valence-corrected chi connectivity index (χ0v) is 30.8. The number of benzene rings is 1. The quantitative estimate of drug-likeness (QED) is 0.183. The number of halogens is 1. The van der Waals surface area contributed by atoms with Crippen LogP contribution in [0.2, 0.25) is 0 Å². The largest absolute Gasteiger partial charge is 0.453 e. The number of carbonyl (C=O) groups excluding carboxylic acids is 3. The van der Waals surface area contributed by atoms with Gasteiger partial charge in [0.2, 0.25) is 11.8 Å². The van der Waals surface area contributed by atoms with Crippen molar-refractivity contribution in [2.24, 2.45) is 5.92 Å². The summed E-state index contributed by atoms with van der Waals surface area (Å²) in [7, 11) is 4.30. The molecule has 282 valence electrons. The van der Waals surface area contributed by atoms with E-state index in [1.165, 1.54) is 20.3 Å². The molecule has 16 heteroatoms. The summed E-state index contributed by atoms with van der Waals surface area (Å²) in [6, 6.07) is 4.99. The molecule has 3 N–H and O–H groups in total. The Morgan fingerprint density at radius 1 is 0.849 bits per heavy atom. The van der Waals surface area contributed by atoms with Gasteiger partial charge in [-0.05, 0) is 57.7 Å². The minimum atomic E-state index is -0.943. The third-order valence-corrected chi connectivity index (χ3v) is 10.4. The molecule has 53 heavy (non-hydrogen) atoms. The number of hydrogen-bond donors (Lipinski definition) is 3. The van der Waals surface area contributed by atoms with Crippen LogP contribution < -0.4 is 5.32 Å². The highest BCUT2D eigenvalue weighted by molar-refractivity contribution is 5.87. The van der Waals surface area contributed by atoms with Gasteiger partial charge < -0.3 is 39.3 Å².